The van der Waals surface area contributed by atoms with Crippen molar-refractivity contribution in [2.24, 2.45) is 0 Å². The lowest BCUT2D eigenvalue weighted by atomic mass is 10.0. The highest BCUT2D eigenvalue weighted by Crippen LogP contribution is 2.30. The molecular weight excluding hydrogens is 262 g/mol. The zero-order chi connectivity index (χ0) is 13.8. The van der Waals surface area contributed by atoms with E-state index in [1.807, 2.05) is 11.3 Å². The third-order valence-corrected chi connectivity index (χ3v) is 4.94. The second-order valence-corrected chi connectivity index (χ2v) is 6.03. The van der Waals surface area contributed by atoms with Gasteiger partial charge in [0.25, 0.3) is 0 Å². The fraction of sp³-hybridized carbons (Fsp3) is 0.643. The standard InChI is InChI=1S/C14H21NO3S/c1-10-5-8-19-14(10)11(2)15-6-3-12(4-7-15)18-9-13(16)17/h5,8,11-12H,3-4,6-7,9H2,1-2H3,(H,16,17). The molecule has 1 aliphatic rings. The van der Waals surface area contributed by atoms with Gasteiger partial charge in [0.1, 0.15) is 6.61 Å². The van der Waals surface area contributed by atoms with Crippen molar-refractivity contribution in [1.82, 2.24) is 4.90 Å². The third-order valence-electron chi connectivity index (χ3n) is 3.75. The van der Waals surface area contributed by atoms with Crippen molar-refractivity contribution >= 4 is 17.3 Å². The van der Waals surface area contributed by atoms with Gasteiger partial charge >= 0.3 is 5.97 Å². The molecule has 1 aromatic rings. The minimum absolute atomic E-state index is 0.101. The molecule has 1 aromatic heterocycles. The maximum Gasteiger partial charge on any atom is 0.329 e. The largest absolute Gasteiger partial charge is 0.480 e. The first-order valence-electron chi connectivity index (χ1n) is 6.69. The van der Waals surface area contributed by atoms with Gasteiger partial charge < -0.3 is 9.84 Å². The smallest absolute Gasteiger partial charge is 0.329 e. The van der Waals surface area contributed by atoms with E-state index in [1.54, 1.807) is 0 Å². The number of hydrogen-bond donors (Lipinski definition) is 1. The van der Waals surface area contributed by atoms with Gasteiger partial charge in [-0.15, -0.1) is 11.3 Å². The maximum absolute atomic E-state index is 10.5. The summed E-state index contributed by atoms with van der Waals surface area (Å²) in [6, 6.07) is 2.61. The second kappa shape index (κ2) is 6.50. The van der Waals surface area contributed by atoms with Gasteiger partial charge in [0, 0.05) is 24.0 Å². The SMILES string of the molecule is Cc1ccsc1C(C)N1CCC(OCC(=O)O)CC1. The van der Waals surface area contributed by atoms with Crippen molar-refractivity contribution in [3.05, 3.63) is 21.9 Å². The maximum atomic E-state index is 10.5. The van der Waals surface area contributed by atoms with E-state index in [0.717, 1.165) is 25.9 Å². The van der Waals surface area contributed by atoms with Crippen LogP contribution in [0.25, 0.3) is 0 Å². The molecule has 1 saturated heterocycles. The predicted molar refractivity (Wildman–Crippen MR) is 75.7 cm³/mol. The predicted octanol–water partition coefficient (Wildman–Crippen LogP) is 2.68. The number of carboxylic acid groups (broad SMARTS) is 1. The van der Waals surface area contributed by atoms with Crippen LogP contribution in [0.4, 0.5) is 0 Å². The minimum Gasteiger partial charge on any atom is -0.480 e. The Bertz CT molecular complexity index is 424. The minimum atomic E-state index is -0.884. The van der Waals surface area contributed by atoms with Gasteiger partial charge in [-0.2, -0.15) is 0 Å². The average Bonchev–Trinajstić information content (AvgIpc) is 2.82. The zero-order valence-electron chi connectivity index (χ0n) is 11.5. The lowest BCUT2D eigenvalue weighted by Crippen LogP contribution is -2.39. The Morgan fingerprint density at radius 3 is 2.79 bits per heavy atom. The molecular formula is C14H21NO3S. The third kappa shape index (κ3) is 3.78. The van der Waals surface area contributed by atoms with Crippen LogP contribution in [0.1, 0.15) is 36.2 Å². The van der Waals surface area contributed by atoms with Crippen molar-refractivity contribution in [1.29, 1.82) is 0 Å². The van der Waals surface area contributed by atoms with E-state index < -0.39 is 5.97 Å². The van der Waals surface area contributed by atoms with Crippen LogP contribution in [0.5, 0.6) is 0 Å². The molecule has 19 heavy (non-hydrogen) atoms. The van der Waals surface area contributed by atoms with Crippen molar-refractivity contribution in [2.45, 2.75) is 38.8 Å². The number of carbonyl (C=O) groups is 1. The Kier molecular flexibility index (Phi) is 4.96. The normalized spacial score (nSPS) is 19.5. The second-order valence-electron chi connectivity index (χ2n) is 5.08. The number of likely N-dealkylation sites (tertiary alicyclic amines) is 1. The summed E-state index contributed by atoms with van der Waals surface area (Å²) >= 11 is 1.82. The van der Waals surface area contributed by atoms with Crippen LogP contribution in [-0.4, -0.2) is 41.8 Å². The quantitative estimate of drug-likeness (QED) is 0.902. The molecule has 0 radical (unpaired) electrons. The van der Waals surface area contributed by atoms with Crippen LogP contribution in [0.3, 0.4) is 0 Å². The zero-order valence-corrected chi connectivity index (χ0v) is 12.3. The lowest BCUT2D eigenvalue weighted by Gasteiger charge is -2.35. The molecule has 1 aliphatic heterocycles. The molecule has 1 N–H and O–H groups in total. The monoisotopic (exact) mass is 283 g/mol. The fourth-order valence-electron chi connectivity index (χ4n) is 2.60. The van der Waals surface area contributed by atoms with Crippen LogP contribution in [0.15, 0.2) is 11.4 Å². The molecule has 0 aromatic carbocycles. The van der Waals surface area contributed by atoms with E-state index in [4.69, 9.17) is 9.84 Å². The molecule has 0 spiro atoms. The van der Waals surface area contributed by atoms with Crippen molar-refractivity contribution in [3.63, 3.8) is 0 Å². The first-order valence-corrected chi connectivity index (χ1v) is 7.57. The van der Waals surface area contributed by atoms with Crippen LogP contribution in [0.2, 0.25) is 0 Å². The number of thiophene rings is 1. The molecule has 0 amide bonds. The number of ether oxygens (including phenoxy) is 1. The number of nitrogens with zero attached hydrogens (tertiary/aromatic N) is 1. The molecule has 0 aliphatic carbocycles. The molecule has 106 valence electrons. The first-order chi connectivity index (χ1) is 9.08. The van der Waals surface area contributed by atoms with Gasteiger partial charge in [-0.05, 0) is 43.7 Å². The number of piperidine rings is 1. The summed E-state index contributed by atoms with van der Waals surface area (Å²) in [7, 11) is 0. The summed E-state index contributed by atoms with van der Waals surface area (Å²) in [4.78, 5) is 14.4. The molecule has 0 saturated carbocycles. The highest BCUT2D eigenvalue weighted by molar-refractivity contribution is 7.10. The van der Waals surface area contributed by atoms with Gasteiger partial charge in [-0.25, -0.2) is 4.79 Å². The summed E-state index contributed by atoms with van der Waals surface area (Å²) < 4.78 is 5.36. The van der Waals surface area contributed by atoms with E-state index in [0.29, 0.717) is 6.04 Å². The number of carboxylic acids is 1. The Hall–Kier alpha value is -0.910. The average molecular weight is 283 g/mol. The topological polar surface area (TPSA) is 49.8 Å². The van der Waals surface area contributed by atoms with Crippen LogP contribution in [0, 0.1) is 6.92 Å². The van der Waals surface area contributed by atoms with Crippen molar-refractivity contribution in [2.75, 3.05) is 19.7 Å². The van der Waals surface area contributed by atoms with Gasteiger partial charge in [0.2, 0.25) is 0 Å². The molecule has 2 rings (SSSR count). The molecule has 4 nitrogen and oxygen atoms in total. The number of rotatable bonds is 5. The van der Waals surface area contributed by atoms with Crippen molar-refractivity contribution < 1.29 is 14.6 Å². The summed E-state index contributed by atoms with van der Waals surface area (Å²) in [5.74, 6) is -0.884. The van der Waals surface area contributed by atoms with Crippen LogP contribution < -0.4 is 0 Å². The van der Waals surface area contributed by atoms with E-state index >= 15 is 0 Å². The highest BCUT2D eigenvalue weighted by Gasteiger charge is 2.25. The number of aliphatic carboxylic acids is 1. The Morgan fingerprint density at radius 1 is 1.58 bits per heavy atom. The van der Waals surface area contributed by atoms with E-state index in [2.05, 4.69) is 30.2 Å². The molecule has 5 heteroatoms. The molecule has 1 fully saturated rings. The van der Waals surface area contributed by atoms with Crippen molar-refractivity contribution in [3.8, 4) is 0 Å². The highest BCUT2D eigenvalue weighted by atomic mass is 32.1. The van der Waals surface area contributed by atoms with Gasteiger partial charge in [0.15, 0.2) is 0 Å². The summed E-state index contributed by atoms with van der Waals surface area (Å²) in [5, 5.41) is 10.7. The summed E-state index contributed by atoms with van der Waals surface area (Å²) in [6.45, 7) is 6.18. The Balaban J connectivity index is 1.83. The number of aryl methyl sites for hydroxylation is 1. The molecule has 1 atom stereocenters. The van der Waals surface area contributed by atoms with E-state index in [-0.39, 0.29) is 12.7 Å². The molecule has 0 bridgehead atoms. The first kappa shape index (κ1) is 14.5. The summed E-state index contributed by atoms with van der Waals surface area (Å²) in [5.41, 5.74) is 1.36. The van der Waals surface area contributed by atoms with E-state index in [1.165, 1.54) is 10.4 Å². The molecule has 2 heterocycles. The van der Waals surface area contributed by atoms with Gasteiger partial charge in [-0.1, -0.05) is 0 Å². The van der Waals surface area contributed by atoms with Crippen LogP contribution >= 0.6 is 11.3 Å². The summed E-state index contributed by atoms with van der Waals surface area (Å²) in [6.07, 6.45) is 1.94. The van der Waals surface area contributed by atoms with E-state index in [9.17, 15) is 4.79 Å². The lowest BCUT2D eigenvalue weighted by molar-refractivity contribution is -0.145. The van der Waals surface area contributed by atoms with Gasteiger partial charge in [0.05, 0.1) is 6.10 Å². The molecule has 1 unspecified atom stereocenters. The van der Waals surface area contributed by atoms with Crippen LogP contribution in [-0.2, 0) is 9.53 Å². The Morgan fingerprint density at radius 2 is 2.26 bits per heavy atom. The number of hydrogen-bond acceptors (Lipinski definition) is 4. The van der Waals surface area contributed by atoms with Gasteiger partial charge in [-0.3, -0.25) is 4.90 Å². The fourth-order valence-corrected chi connectivity index (χ4v) is 3.62. The Labute approximate surface area is 118 Å².